The summed E-state index contributed by atoms with van der Waals surface area (Å²) in [6.45, 7) is 0. The van der Waals surface area contributed by atoms with Crippen molar-refractivity contribution in [2.24, 2.45) is 0 Å². The molecule has 20 heavy (non-hydrogen) atoms. The Hall–Kier alpha value is -1.77. The van der Waals surface area contributed by atoms with Gasteiger partial charge < -0.3 is 9.47 Å². The van der Waals surface area contributed by atoms with Crippen molar-refractivity contribution in [1.82, 2.24) is 0 Å². The highest BCUT2D eigenvalue weighted by Gasteiger charge is 2.18. The lowest BCUT2D eigenvalue weighted by Gasteiger charge is -2.13. The second-order valence-corrected chi connectivity index (χ2v) is 5.08. The van der Waals surface area contributed by atoms with E-state index in [1.165, 1.54) is 19.3 Å². The first-order valence-corrected chi connectivity index (χ1v) is 7.22. The lowest BCUT2D eigenvalue weighted by molar-refractivity contribution is 0.102. The minimum Gasteiger partial charge on any atom is -0.497 e. The number of hydrogen-bond donors (Lipinski definition) is 0. The Kier molecular flexibility index (Phi) is 5.22. The molecule has 1 aliphatic carbocycles. The van der Waals surface area contributed by atoms with E-state index in [1.807, 2.05) is 6.07 Å². The Morgan fingerprint density at radius 2 is 1.85 bits per heavy atom. The molecule has 0 bridgehead atoms. The molecule has 0 aliphatic heterocycles. The molecule has 0 aromatic heterocycles. The third-order valence-electron chi connectivity index (χ3n) is 3.73. The number of carbonyl (C=O) groups excluding carboxylic acids is 1. The maximum atomic E-state index is 12.7. The summed E-state index contributed by atoms with van der Waals surface area (Å²) in [5.41, 5.74) is 1.51. The van der Waals surface area contributed by atoms with Crippen molar-refractivity contribution in [3.8, 4) is 11.5 Å². The van der Waals surface area contributed by atoms with Gasteiger partial charge in [0.2, 0.25) is 0 Å². The maximum absolute atomic E-state index is 12.7. The van der Waals surface area contributed by atoms with Gasteiger partial charge in [0.15, 0.2) is 5.78 Å². The fourth-order valence-corrected chi connectivity index (χ4v) is 2.56. The van der Waals surface area contributed by atoms with E-state index < -0.39 is 0 Å². The first-order valence-electron chi connectivity index (χ1n) is 7.22. The summed E-state index contributed by atoms with van der Waals surface area (Å²) < 4.78 is 10.5. The normalized spacial score (nSPS) is 18.4. The van der Waals surface area contributed by atoms with Crippen LogP contribution >= 0.6 is 0 Å². The lowest BCUT2D eigenvalue weighted by atomic mass is 9.93. The standard InChI is InChI=1S/C17H22O3/c1-19-14-10-11-16(20-2)15(12-14)17(18)13-8-6-4-3-5-7-9-13/h8,10-12H,3-7,9H2,1-2H3/b13-8+. The average Bonchev–Trinajstić information content (AvgIpc) is 2.45. The number of carbonyl (C=O) groups is 1. The van der Waals surface area contributed by atoms with E-state index in [2.05, 4.69) is 6.08 Å². The summed E-state index contributed by atoms with van der Waals surface area (Å²) in [5.74, 6) is 1.36. The molecule has 108 valence electrons. The van der Waals surface area contributed by atoms with Crippen LogP contribution in [0.1, 0.15) is 48.9 Å². The fraction of sp³-hybridized carbons (Fsp3) is 0.471. The van der Waals surface area contributed by atoms with E-state index in [4.69, 9.17) is 9.47 Å². The van der Waals surface area contributed by atoms with Gasteiger partial charge in [-0.25, -0.2) is 0 Å². The molecule has 0 spiro atoms. The third-order valence-corrected chi connectivity index (χ3v) is 3.73. The van der Waals surface area contributed by atoms with Crippen LogP contribution in [0.4, 0.5) is 0 Å². The van der Waals surface area contributed by atoms with Crippen molar-refractivity contribution >= 4 is 5.78 Å². The van der Waals surface area contributed by atoms with Crippen molar-refractivity contribution in [2.75, 3.05) is 14.2 Å². The largest absolute Gasteiger partial charge is 0.497 e. The maximum Gasteiger partial charge on any atom is 0.192 e. The molecular formula is C17H22O3. The van der Waals surface area contributed by atoms with Gasteiger partial charge in [-0.2, -0.15) is 0 Å². The second-order valence-electron chi connectivity index (χ2n) is 5.08. The Labute approximate surface area is 120 Å². The van der Waals surface area contributed by atoms with Crippen molar-refractivity contribution in [2.45, 2.75) is 38.5 Å². The van der Waals surface area contributed by atoms with Crippen molar-refractivity contribution in [3.63, 3.8) is 0 Å². The highest BCUT2D eigenvalue weighted by atomic mass is 16.5. The number of Topliss-reactive ketones (excluding diaryl/α,β-unsaturated/α-hetero) is 1. The zero-order valence-corrected chi connectivity index (χ0v) is 12.3. The quantitative estimate of drug-likeness (QED) is 0.773. The molecule has 0 radical (unpaired) electrons. The summed E-state index contributed by atoms with van der Waals surface area (Å²) in [6.07, 6.45) is 8.68. The highest BCUT2D eigenvalue weighted by Crippen LogP contribution is 2.28. The summed E-state index contributed by atoms with van der Waals surface area (Å²) in [6, 6.07) is 5.36. The van der Waals surface area contributed by atoms with Crippen LogP contribution in [-0.4, -0.2) is 20.0 Å². The average molecular weight is 274 g/mol. The van der Waals surface area contributed by atoms with Crippen LogP contribution in [-0.2, 0) is 0 Å². The van der Waals surface area contributed by atoms with Gasteiger partial charge in [-0.05, 0) is 49.5 Å². The van der Waals surface area contributed by atoms with Crippen LogP contribution in [0.15, 0.2) is 29.8 Å². The smallest absolute Gasteiger partial charge is 0.192 e. The first kappa shape index (κ1) is 14.6. The molecule has 0 saturated carbocycles. The number of rotatable bonds is 4. The van der Waals surface area contributed by atoms with Crippen molar-refractivity contribution in [1.29, 1.82) is 0 Å². The van der Waals surface area contributed by atoms with Gasteiger partial charge in [-0.15, -0.1) is 0 Å². The van der Waals surface area contributed by atoms with E-state index >= 15 is 0 Å². The summed E-state index contributed by atoms with van der Waals surface area (Å²) in [4.78, 5) is 12.7. The number of hydrogen-bond acceptors (Lipinski definition) is 3. The summed E-state index contributed by atoms with van der Waals surface area (Å²) in [7, 11) is 3.19. The highest BCUT2D eigenvalue weighted by molar-refractivity contribution is 6.10. The van der Waals surface area contributed by atoms with Crippen LogP contribution in [0.3, 0.4) is 0 Å². The molecule has 3 heteroatoms. The van der Waals surface area contributed by atoms with Gasteiger partial charge in [0, 0.05) is 0 Å². The Morgan fingerprint density at radius 3 is 2.60 bits per heavy atom. The van der Waals surface area contributed by atoms with Crippen LogP contribution in [0.5, 0.6) is 11.5 Å². The Bertz CT molecular complexity index is 503. The molecule has 1 aromatic carbocycles. The molecular weight excluding hydrogens is 252 g/mol. The molecule has 1 aliphatic rings. The van der Waals surface area contributed by atoms with Gasteiger partial charge in [0.1, 0.15) is 11.5 Å². The lowest BCUT2D eigenvalue weighted by Crippen LogP contribution is -2.07. The van der Waals surface area contributed by atoms with E-state index in [9.17, 15) is 4.79 Å². The third kappa shape index (κ3) is 3.41. The molecule has 0 N–H and O–H groups in total. The van der Waals surface area contributed by atoms with Gasteiger partial charge >= 0.3 is 0 Å². The molecule has 0 amide bonds. The predicted octanol–water partition coefficient (Wildman–Crippen LogP) is 4.17. The Morgan fingerprint density at radius 1 is 1.05 bits per heavy atom. The van der Waals surface area contributed by atoms with Gasteiger partial charge in [0.25, 0.3) is 0 Å². The molecule has 0 unspecified atom stereocenters. The molecule has 0 fully saturated rings. The zero-order valence-electron chi connectivity index (χ0n) is 12.3. The molecule has 0 heterocycles. The van der Waals surface area contributed by atoms with Crippen LogP contribution in [0, 0.1) is 0 Å². The first-order chi connectivity index (χ1) is 9.76. The van der Waals surface area contributed by atoms with E-state index in [0.717, 1.165) is 24.8 Å². The van der Waals surface area contributed by atoms with Gasteiger partial charge in [0.05, 0.1) is 19.8 Å². The summed E-state index contributed by atoms with van der Waals surface area (Å²) in [5, 5.41) is 0. The minimum absolute atomic E-state index is 0.0719. The SMILES string of the molecule is COc1ccc(OC)c(C(=O)/C2=C/CCCCCC2)c1. The van der Waals surface area contributed by atoms with Crippen LogP contribution in [0.2, 0.25) is 0 Å². The number of methoxy groups -OCH3 is 2. The molecule has 0 atom stereocenters. The number of ether oxygens (including phenoxy) is 2. The van der Waals surface area contributed by atoms with Gasteiger partial charge in [-0.3, -0.25) is 4.79 Å². The van der Waals surface area contributed by atoms with E-state index in [-0.39, 0.29) is 5.78 Å². The number of allylic oxidation sites excluding steroid dienone is 2. The van der Waals surface area contributed by atoms with Gasteiger partial charge in [-0.1, -0.05) is 18.9 Å². The monoisotopic (exact) mass is 274 g/mol. The van der Waals surface area contributed by atoms with E-state index in [1.54, 1.807) is 26.4 Å². The van der Waals surface area contributed by atoms with Crippen LogP contribution < -0.4 is 9.47 Å². The topological polar surface area (TPSA) is 35.5 Å². The molecule has 3 nitrogen and oxygen atoms in total. The predicted molar refractivity (Wildman–Crippen MR) is 79.7 cm³/mol. The number of ketones is 1. The van der Waals surface area contributed by atoms with Crippen molar-refractivity contribution < 1.29 is 14.3 Å². The second kappa shape index (κ2) is 7.13. The molecule has 1 aromatic rings. The minimum atomic E-state index is 0.0719. The van der Waals surface area contributed by atoms with Crippen molar-refractivity contribution in [3.05, 3.63) is 35.4 Å². The fourth-order valence-electron chi connectivity index (χ4n) is 2.56. The Balaban J connectivity index is 2.30. The van der Waals surface area contributed by atoms with E-state index in [0.29, 0.717) is 17.1 Å². The molecule has 0 saturated heterocycles. The van der Waals surface area contributed by atoms with Crippen LogP contribution in [0.25, 0.3) is 0 Å². The molecule has 2 rings (SSSR count). The number of benzene rings is 1. The summed E-state index contributed by atoms with van der Waals surface area (Å²) >= 11 is 0. The zero-order chi connectivity index (χ0) is 14.4.